The molecule has 1 atom stereocenters. The number of sulfonamides is 1. The maximum Gasteiger partial charge on any atom is 0.416 e. The van der Waals surface area contributed by atoms with Crippen LogP contribution in [0.15, 0.2) is 108 Å². The molecule has 5 rings (SSSR count). The Morgan fingerprint density at radius 2 is 1.46 bits per heavy atom. The van der Waals surface area contributed by atoms with Crippen molar-refractivity contribution in [3.63, 3.8) is 0 Å². The van der Waals surface area contributed by atoms with Gasteiger partial charge >= 0.3 is 6.18 Å². The van der Waals surface area contributed by atoms with E-state index in [4.69, 9.17) is 23.2 Å². The van der Waals surface area contributed by atoms with Gasteiger partial charge in [0.05, 0.1) is 21.2 Å². The highest BCUT2D eigenvalue weighted by Gasteiger charge is 2.38. The highest BCUT2D eigenvalue weighted by molar-refractivity contribution is 7.92. The van der Waals surface area contributed by atoms with Crippen molar-refractivity contribution >= 4 is 50.7 Å². The molecule has 1 aliphatic carbocycles. The minimum absolute atomic E-state index is 0.0848. The Kier molecular flexibility index (Phi) is 12.1. The van der Waals surface area contributed by atoms with Crippen LogP contribution in [0.1, 0.15) is 48.8 Å². The van der Waals surface area contributed by atoms with E-state index < -0.39 is 51.9 Å². The fourth-order valence-electron chi connectivity index (χ4n) is 6.04. The van der Waals surface area contributed by atoms with Gasteiger partial charge in [0.15, 0.2) is 0 Å². The largest absolute Gasteiger partial charge is 0.416 e. The van der Waals surface area contributed by atoms with Gasteiger partial charge in [-0.2, -0.15) is 13.2 Å². The Morgan fingerprint density at radius 3 is 2.10 bits per heavy atom. The molecule has 4 aromatic carbocycles. The molecule has 1 fully saturated rings. The number of benzene rings is 4. The number of carbonyl (C=O) groups excluding carboxylic acids is 2. The van der Waals surface area contributed by atoms with Crippen LogP contribution in [-0.4, -0.2) is 43.8 Å². The molecule has 7 nitrogen and oxygen atoms in total. The van der Waals surface area contributed by atoms with Crippen molar-refractivity contribution in [2.24, 2.45) is 0 Å². The highest BCUT2D eigenvalue weighted by Crippen LogP contribution is 2.37. The molecule has 0 spiro atoms. The number of hydrogen-bond donors (Lipinski definition) is 1. The van der Waals surface area contributed by atoms with Crippen molar-refractivity contribution in [2.45, 2.75) is 68.2 Å². The van der Waals surface area contributed by atoms with Crippen molar-refractivity contribution in [3.8, 4) is 0 Å². The highest BCUT2D eigenvalue weighted by atomic mass is 35.5. The summed E-state index contributed by atoms with van der Waals surface area (Å²) in [5, 5.41) is 3.17. The molecule has 0 bridgehead atoms. The fraction of sp³-hybridized carbons (Fsp3) is 0.297. The number of halogens is 5. The normalized spacial score (nSPS) is 14.5. The molecule has 1 N–H and O–H groups in total. The molecule has 0 heterocycles. The van der Waals surface area contributed by atoms with E-state index in [2.05, 4.69) is 5.32 Å². The van der Waals surface area contributed by atoms with Crippen LogP contribution < -0.4 is 9.62 Å². The number of alkyl halides is 3. The first kappa shape index (κ1) is 37.2. The number of nitrogens with zero attached hydrogens (tertiary/aromatic N) is 2. The average molecular weight is 747 g/mol. The van der Waals surface area contributed by atoms with Gasteiger partial charge in [-0.25, -0.2) is 8.42 Å². The molecular formula is C37H36Cl2F3N3O4S. The van der Waals surface area contributed by atoms with E-state index in [0.29, 0.717) is 21.0 Å². The summed E-state index contributed by atoms with van der Waals surface area (Å²) in [6.07, 6.45) is -0.230. The Morgan fingerprint density at radius 1 is 0.820 bits per heavy atom. The van der Waals surface area contributed by atoms with Crippen molar-refractivity contribution in [1.82, 2.24) is 10.2 Å². The summed E-state index contributed by atoms with van der Waals surface area (Å²) in [6, 6.07) is 23.8. The van der Waals surface area contributed by atoms with Crippen LogP contribution in [0.4, 0.5) is 18.9 Å². The molecule has 13 heteroatoms. The van der Waals surface area contributed by atoms with Crippen LogP contribution in [0, 0.1) is 0 Å². The monoisotopic (exact) mass is 745 g/mol. The summed E-state index contributed by atoms with van der Waals surface area (Å²) in [4.78, 5) is 29.9. The Labute approximate surface area is 300 Å². The van der Waals surface area contributed by atoms with E-state index in [1.165, 1.54) is 29.2 Å². The number of hydrogen-bond acceptors (Lipinski definition) is 4. The molecule has 264 valence electrons. The summed E-state index contributed by atoms with van der Waals surface area (Å²) in [5.41, 5.74) is -0.381. The van der Waals surface area contributed by atoms with E-state index in [9.17, 15) is 31.2 Å². The van der Waals surface area contributed by atoms with Crippen LogP contribution in [0.5, 0.6) is 0 Å². The lowest BCUT2D eigenvalue weighted by Gasteiger charge is -2.35. The molecule has 1 saturated carbocycles. The Balaban J connectivity index is 1.61. The van der Waals surface area contributed by atoms with Crippen LogP contribution >= 0.6 is 23.2 Å². The van der Waals surface area contributed by atoms with Gasteiger partial charge in [0.25, 0.3) is 10.0 Å². The van der Waals surface area contributed by atoms with Crippen LogP contribution in [0.2, 0.25) is 10.0 Å². The predicted molar refractivity (Wildman–Crippen MR) is 188 cm³/mol. The zero-order valence-corrected chi connectivity index (χ0v) is 29.3. The second-order valence-electron chi connectivity index (χ2n) is 12.2. The summed E-state index contributed by atoms with van der Waals surface area (Å²) in [7, 11) is -4.66. The minimum Gasteiger partial charge on any atom is -0.352 e. The smallest absolute Gasteiger partial charge is 0.352 e. The number of rotatable bonds is 12. The van der Waals surface area contributed by atoms with E-state index in [1.54, 1.807) is 42.5 Å². The molecule has 1 aliphatic rings. The molecule has 0 aromatic heterocycles. The van der Waals surface area contributed by atoms with E-state index >= 15 is 0 Å². The molecule has 0 radical (unpaired) electrons. The zero-order valence-electron chi connectivity index (χ0n) is 27.0. The maximum atomic E-state index is 14.7. The number of carbonyl (C=O) groups is 2. The second kappa shape index (κ2) is 16.3. The summed E-state index contributed by atoms with van der Waals surface area (Å²) in [6.45, 7) is -1.11. The van der Waals surface area contributed by atoms with Crippen molar-refractivity contribution < 1.29 is 31.2 Å². The SMILES string of the molecule is O=C(NC1CCCCC1)[C@H](Cc1ccccc1)N(Cc1cccc(Cl)c1)C(=O)CN(c1cc(C(F)(F)F)ccc1Cl)S(=O)(=O)c1ccccc1. The van der Waals surface area contributed by atoms with Crippen molar-refractivity contribution in [2.75, 3.05) is 10.8 Å². The fourth-order valence-corrected chi connectivity index (χ4v) is 7.97. The maximum absolute atomic E-state index is 14.7. The number of anilines is 1. The van der Waals surface area contributed by atoms with Crippen LogP contribution in [0.3, 0.4) is 0 Å². The average Bonchev–Trinajstić information content (AvgIpc) is 3.09. The Hall–Kier alpha value is -4.06. The summed E-state index contributed by atoms with van der Waals surface area (Å²) >= 11 is 12.7. The van der Waals surface area contributed by atoms with Gasteiger partial charge in [-0.1, -0.05) is 103 Å². The lowest BCUT2D eigenvalue weighted by Crippen LogP contribution is -2.55. The van der Waals surface area contributed by atoms with Gasteiger partial charge in [-0.05, 0) is 66.4 Å². The van der Waals surface area contributed by atoms with Gasteiger partial charge < -0.3 is 10.2 Å². The van der Waals surface area contributed by atoms with Crippen molar-refractivity contribution in [3.05, 3.63) is 130 Å². The molecule has 0 unspecified atom stereocenters. The topological polar surface area (TPSA) is 86.8 Å². The first-order valence-corrected chi connectivity index (χ1v) is 18.4. The van der Waals surface area contributed by atoms with Gasteiger partial charge in [-0.15, -0.1) is 0 Å². The third kappa shape index (κ3) is 9.38. The quantitative estimate of drug-likeness (QED) is 0.158. The molecule has 0 aliphatic heterocycles. The minimum atomic E-state index is -4.83. The molecule has 0 saturated heterocycles. The lowest BCUT2D eigenvalue weighted by molar-refractivity contribution is -0.140. The molecule has 50 heavy (non-hydrogen) atoms. The van der Waals surface area contributed by atoms with Gasteiger partial charge in [0.2, 0.25) is 11.8 Å². The lowest BCUT2D eigenvalue weighted by atomic mass is 9.94. The van der Waals surface area contributed by atoms with E-state index in [-0.39, 0.29) is 28.9 Å². The molecule has 4 aromatic rings. The van der Waals surface area contributed by atoms with Gasteiger partial charge in [0.1, 0.15) is 12.6 Å². The predicted octanol–water partition coefficient (Wildman–Crippen LogP) is 8.30. The summed E-state index contributed by atoms with van der Waals surface area (Å²) in [5.74, 6) is -1.26. The van der Waals surface area contributed by atoms with Gasteiger partial charge in [-0.3, -0.25) is 13.9 Å². The Bertz CT molecular complexity index is 1890. The third-order valence-electron chi connectivity index (χ3n) is 8.62. The van der Waals surface area contributed by atoms with E-state index in [0.717, 1.165) is 49.8 Å². The molecular weight excluding hydrogens is 710 g/mol. The zero-order chi connectivity index (χ0) is 35.9. The molecule has 2 amide bonds. The first-order chi connectivity index (χ1) is 23.8. The van der Waals surface area contributed by atoms with Crippen LogP contribution in [-0.2, 0) is 38.8 Å². The van der Waals surface area contributed by atoms with Gasteiger partial charge in [0, 0.05) is 24.0 Å². The summed E-state index contributed by atoms with van der Waals surface area (Å²) < 4.78 is 70.6. The number of nitrogens with one attached hydrogen (secondary N) is 1. The first-order valence-electron chi connectivity index (χ1n) is 16.2. The third-order valence-corrected chi connectivity index (χ3v) is 10.9. The standard InChI is InChI=1S/C37H36Cl2F3N3O4S/c38-29-14-10-13-27(21-29)24-44(34(22-26-11-4-1-5-12-26)36(47)43-30-15-6-2-7-16-30)35(46)25-45(50(48,49)31-17-8-3-9-18-31)33-23-28(37(40,41)42)19-20-32(33)39/h1,3-5,8-14,17-21,23,30,34H,2,6-7,15-16,22,24-25H2,(H,43,47)/t34-/m0/s1. The van der Waals surface area contributed by atoms with Crippen LogP contribution in [0.25, 0.3) is 0 Å². The second-order valence-corrected chi connectivity index (χ2v) is 14.9. The number of amides is 2. The van der Waals surface area contributed by atoms with Crippen molar-refractivity contribution in [1.29, 1.82) is 0 Å². The van der Waals surface area contributed by atoms with E-state index in [1.807, 2.05) is 18.2 Å².